The monoisotopic (exact) mass is 450 g/mol. The molecular formula is C17H15ClF4N4O2S. The molecular weight excluding hydrogens is 436 g/mol. The number of aryl methyl sites for hydroxylation is 1. The molecule has 12 heteroatoms. The second-order valence-corrected chi connectivity index (χ2v) is 8.53. The van der Waals surface area contributed by atoms with Crippen LogP contribution in [0.1, 0.15) is 16.7 Å². The van der Waals surface area contributed by atoms with Crippen LogP contribution in [0.15, 0.2) is 35.4 Å². The molecule has 1 atom stereocenters. The minimum atomic E-state index is -4.70. The zero-order chi connectivity index (χ0) is 21.6. The maximum atomic E-state index is 15.2. The van der Waals surface area contributed by atoms with E-state index in [9.17, 15) is 23.1 Å². The summed E-state index contributed by atoms with van der Waals surface area (Å²) in [5.74, 6) is -1.34. The molecule has 0 saturated carbocycles. The number of rotatable bonds is 4. The van der Waals surface area contributed by atoms with E-state index in [0.717, 1.165) is 6.20 Å². The van der Waals surface area contributed by atoms with Crippen LogP contribution in [0.4, 0.5) is 28.6 Å². The van der Waals surface area contributed by atoms with Crippen molar-refractivity contribution in [1.82, 2.24) is 9.71 Å². The summed E-state index contributed by atoms with van der Waals surface area (Å²) in [6, 6.07) is 4.24. The average Bonchev–Trinajstić information content (AvgIpc) is 2.60. The van der Waals surface area contributed by atoms with E-state index in [1.807, 2.05) is 0 Å². The van der Waals surface area contributed by atoms with Gasteiger partial charge >= 0.3 is 6.18 Å². The van der Waals surface area contributed by atoms with Crippen molar-refractivity contribution >= 4 is 39.8 Å². The van der Waals surface area contributed by atoms with Crippen molar-refractivity contribution in [3.05, 3.63) is 57.2 Å². The van der Waals surface area contributed by atoms with E-state index in [1.165, 1.54) is 6.07 Å². The summed E-state index contributed by atoms with van der Waals surface area (Å²) in [7, 11) is -3.67. The van der Waals surface area contributed by atoms with Crippen molar-refractivity contribution < 1.29 is 27.0 Å². The Morgan fingerprint density at radius 1 is 1.28 bits per heavy atom. The van der Waals surface area contributed by atoms with E-state index < -0.39 is 39.4 Å². The number of anilines is 2. The van der Waals surface area contributed by atoms with Crippen LogP contribution in [0.3, 0.4) is 0 Å². The van der Waals surface area contributed by atoms with Gasteiger partial charge < -0.3 is 15.1 Å². The van der Waals surface area contributed by atoms with E-state index >= 15 is 3.89 Å². The quantitative estimate of drug-likeness (QED) is 0.385. The molecule has 1 aromatic heterocycles. The fourth-order valence-electron chi connectivity index (χ4n) is 2.56. The number of nitrogens with one attached hydrogen (secondary N) is 3. The average molecular weight is 451 g/mol. The van der Waals surface area contributed by atoms with Crippen LogP contribution < -0.4 is 14.8 Å². The zero-order valence-corrected chi connectivity index (χ0v) is 16.6. The van der Waals surface area contributed by atoms with Gasteiger partial charge in [0.2, 0.25) is 0 Å². The lowest BCUT2D eigenvalue weighted by atomic mass is 10.1. The van der Waals surface area contributed by atoms with E-state index in [-0.39, 0.29) is 10.7 Å². The molecule has 0 aliphatic carbocycles. The number of amides is 1. The number of carbonyl (C=O) groups excluding carboxylic acids is 1. The number of pyridine rings is 1. The van der Waals surface area contributed by atoms with Gasteiger partial charge in [0.25, 0.3) is 5.91 Å². The van der Waals surface area contributed by atoms with E-state index in [1.54, 1.807) is 19.9 Å². The molecule has 2 aromatic rings. The lowest BCUT2D eigenvalue weighted by molar-refractivity contribution is -0.137. The molecule has 3 rings (SSSR count). The Balaban J connectivity index is 1.82. The number of alkyl halides is 3. The third-order valence-corrected chi connectivity index (χ3v) is 6.17. The van der Waals surface area contributed by atoms with Crippen LogP contribution in [-0.4, -0.2) is 16.0 Å². The second kappa shape index (κ2) is 7.30. The molecule has 2 heterocycles. The van der Waals surface area contributed by atoms with Gasteiger partial charge in [-0.15, -0.1) is 3.89 Å². The standard InChI is InChI=1S/C17H15ClF4N4O2S/c1-8-3-4-11(27)9(2)15(8)25-16(28)12-7-23-29(12,22)26-14-6-10(17(19,20)21)5-13(18)24-14/h3-7,23,27H,1-2H3,(H,24,26)(H,25,28). The summed E-state index contributed by atoms with van der Waals surface area (Å²) in [5, 5.41) is 11.8. The molecule has 29 heavy (non-hydrogen) atoms. The number of halogens is 5. The van der Waals surface area contributed by atoms with Gasteiger partial charge in [-0.05, 0) is 37.6 Å². The molecule has 1 aromatic carbocycles. The summed E-state index contributed by atoms with van der Waals surface area (Å²) in [6.07, 6.45) is -3.60. The third-order valence-electron chi connectivity index (χ3n) is 4.13. The van der Waals surface area contributed by atoms with Crippen molar-refractivity contribution in [2.75, 3.05) is 10.0 Å². The zero-order valence-electron chi connectivity index (χ0n) is 15.0. The Morgan fingerprint density at radius 2 is 1.97 bits per heavy atom. The van der Waals surface area contributed by atoms with E-state index in [2.05, 4.69) is 19.7 Å². The van der Waals surface area contributed by atoms with Crippen molar-refractivity contribution in [1.29, 1.82) is 0 Å². The summed E-state index contributed by atoms with van der Waals surface area (Å²) in [6.45, 7) is 3.27. The molecule has 0 bridgehead atoms. The molecule has 0 radical (unpaired) electrons. The fourth-order valence-corrected chi connectivity index (χ4v) is 4.08. The normalized spacial score (nSPS) is 20.6. The Bertz CT molecular complexity index is 1030. The van der Waals surface area contributed by atoms with Crippen LogP contribution in [0.2, 0.25) is 5.15 Å². The molecule has 1 amide bonds. The molecule has 1 aliphatic heterocycles. The first-order valence-electron chi connectivity index (χ1n) is 8.04. The van der Waals surface area contributed by atoms with Gasteiger partial charge in [-0.2, -0.15) is 13.2 Å². The minimum Gasteiger partial charge on any atom is -0.508 e. The van der Waals surface area contributed by atoms with Gasteiger partial charge in [0.05, 0.1) is 11.3 Å². The lowest BCUT2D eigenvalue weighted by Gasteiger charge is -2.39. The molecule has 6 nitrogen and oxygen atoms in total. The number of carbonyl (C=O) groups is 1. The van der Waals surface area contributed by atoms with Gasteiger partial charge in [-0.25, -0.2) is 4.98 Å². The molecule has 0 spiro atoms. The largest absolute Gasteiger partial charge is 0.508 e. The smallest absolute Gasteiger partial charge is 0.416 e. The van der Waals surface area contributed by atoms with Crippen molar-refractivity contribution in [3.8, 4) is 5.75 Å². The SMILES string of the molecule is Cc1ccc(O)c(C)c1NC(=O)C1=CNS1(F)Nc1cc(C(F)(F)F)cc(Cl)n1. The van der Waals surface area contributed by atoms with Crippen LogP contribution in [-0.2, 0) is 11.0 Å². The number of aromatic nitrogens is 1. The highest BCUT2D eigenvalue weighted by Crippen LogP contribution is 2.58. The summed E-state index contributed by atoms with van der Waals surface area (Å²) < 4.78 is 58.4. The topological polar surface area (TPSA) is 86.3 Å². The van der Waals surface area contributed by atoms with Crippen LogP contribution >= 0.6 is 22.4 Å². The second-order valence-electron chi connectivity index (χ2n) is 6.18. The number of aromatic hydroxyl groups is 1. The fraction of sp³-hybridized carbons (Fsp3) is 0.176. The van der Waals surface area contributed by atoms with Gasteiger partial charge in [-0.3, -0.25) is 9.52 Å². The van der Waals surface area contributed by atoms with Crippen molar-refractivity contribution in [3.63, 3.8) is 0 Å². The molecule has 156 valence electrons. The Labute approximate surface area is 169 Å². The summed E-state index contributed by atoms with van der Waals surface area (Å²) in [4.78, 5) is 15.8. The first kappa shape index (κ1) is 21.1. The number of nitrogens with zero attached hydrogens (tertiary/aromatic N) is 1. The molecule has 1 aliphatic rings. The minimum absolute atomic E-state index is 0.0496. The molecule has 0 fully saturated rings. The summed E-state index contributed by atoms with van der Waals surface area (Å²) in [5.41, 5.74) is 0.235. The lowest BCUT2D eigenvalue weighted by Crippen LogP contribution is -2.36. The number of hydrogen-bond acceptors (Lipinski definition) is 5. The third kappa shape index (κ3) is 4.20. The van der Waals surface area contributed by atoms with Crippen molar-refractivity contribution in [2.45, 2.75) is 20.0 Å². The van der Waals surface area contributed by atoms with Gasteiger partial charge in [0.1, 0.15) is 32.4 Å². The predicted octanol–water partition coefficient (Wildman–Crippen LogP) is 5.09. The Morgan fingerprint density at radius 3 is 2.55 bits per heavy atom. The van der Waals surface area contributed by atoms with Gasteiger partial charge in [0.15, 0.2) is 0 Å². The number of hydrogen-bond donors (Lipinski definition) is 4. The van der Waals surface area contributed by atoms with Gasteiger partial charge in [-0.1, -0.05) is 17.7 Å². The summed E-state index contributed by atoms with van der Waals surface area (Å²) >= 11 is 5.60. The van der Waals surface area contributed by atoms with Crippen molar-refractivity contribution in [2.24, 2.45) is 0 Å². The highest BCUT2D eigenvalue weighted by atomic mass is 35.5. The Hall–Kier alpha value is -2.66. The maximum absolute atomic E-state index is 15.2. The van der Waals surface area contributed by atoms with E-state index in [4.69, 9.17) is 11.6 Å². The van der Waals surface area contributed by atoms with Crippen LogP contribution in [0, 0.1) is 13.8 Å². The molecule has 4 N–H and O–H groups in total. The first-order valence-corrected chi connectivity index (χ1v) is 9.95. The van der Waals surface area contributed by atoms with Crippen LogP contribution in [0.25, 0.3) is 0 Å². The predicted molar refractivity (Wildman–Crippen MR) is 104 cm³/mol. The number of phenolic OH excluding ortho intramolecular Hbond substituents is 1. The molecule has 0 saturated heterocycles. The number of phenols is 1. The highest BCUT2D eigenvalue weighted by molar-refractivity contribution is 8.33. The van der Waals surface area contributed by atoms with E-state index in [0.29, 0.717) is 28.9 Å². The van der Waals surface area contributed by atoms with Gasteiger partial charge in [0, 0.05) is 11.8 Å². The first-order chi connectivity index (χ1) is 13.4. The Kier molecular flexibility index (Phi) is 5.30. The highest BCUT2D eigenvalue weighted by Gasteiger charge is 2.41. The number of benzene rings is 1. The van der Waals surface area contributed by atoms with Crippen LogP contribution in [0.5, 0.6) is 5.75 Å². The maximum Gasteiger partial charge on any atom is 0.416 e. The molecule has 1 unspecified atom stereocenters.